The summed E-state index contributed by atoms with van der Waals surface area (Å²) in [6.07, 6.45) is 3.15. The van der Waals surface area contributed by atoms with E-state index in [1.807, 2.05) is 0 Å². The van der Waals surface area contributed by atoms with Gasteiger partial charge < -0.3 is 10.6 Å². The van der Waals surface area contributed by atoms with Crippen LogP contribution in [0.15, 0.2) is 36.7 Å². The van der Waals surface area contributed by atoms with Gasteiger partial charge in [0.05, 0.1) is 17.4 Å². The number of aromatic nitrogens is 2. The van der Waals surface area contributed by atoms with Gasteiger partial charge in [0.15, 0.2) is 0 Å². The molecule has 1 atom stereocenters. The van der Waals surface area contributed by atoms with Crippen LogP contribution in [-0.2, 0) is 11.8 Å². The molecule has 2 aromatic rings. The number of anilines is 1. The minimum atomic E-state index is -0.790. The van der Waals surface area contributed by atoms with Crippen LogP contribution < -0.4 is 10.6 Å². The van der Waals surface area contributed by atoms with Gasteiger partial charge in [0.25, 0.3) is 5.91 Å². The topological polar surface area (TPSA) is 76.0 Å². The zero-order chi connectivity index (χ0) is 17.0. The Kier molecular flexibility index (Phi) is 5.10. The number of nitrogens with one attached hydrogen (secondary N) is 2. The van der Waals surface area contributed by atoms with E-state index in [0.29, 0.717) is 5.69 Å². The van der Waals surface area contributed by atoms with Gasteiger partial charge in [0, 0.05) is 13.2 Å². The lowest BCUT2D eigenvalue weighted by Gasteiger charge is -2.21. The van der Waals surface area contributed by atoms with Crippen molar-refractivity contribution in [3.8, 4) is 0 Å². The second-order valence-electron chi connectivity index (χ2n) is 5.57. The molecule has 0 radical (unpaired) electrons. The Bertz CT molecular complexity index is 712. The zero-order valence-corrected chi connectivity index (χ0v) is 13.2. The Morgan fingerprint density at radius 2 is 1.96 bits per heavy atom. The number of benzene rings is 1. The van der Waals surface area contributed by atoms with Crippen molar-refractivity contribution < 1.29 is 14.0 Å². The maximum atomic E-state index is 13.7. The highest BCUT2D eigenvalue weighted by molar-refractivity contribution is 6.01. The first kappa shape index (κ1) is 16.7. The van der Waals surface area contributed by atoms with Gasteiger partial charge >= 0.3 is 0 Å². The van der Waals surface area contributed by atoms with Crippen LogP contribution in [0, 0.1) is 11.7 Å². The van der Waals surface area contributed by atoms with Crippen molar-refractivity contribution in [3.05, 3.63) is 48.0 Å². The van der Waals surface area contributed by atoms with E-state index in [4.69, 9.17) is 0 Å². The van der Waals surface area contributed by atoms with E-state index in [1.165, 1.54) is 24.4 Å². The molecule has 0 aliphatic heterocycles. The summed E-state index contributed by atoms with van der Waals surface area (Å²) in [5, 5.41) is 9.23. The van der Waals surface area contributed by atoms with E-state index in [1.54, 1.807) is 37.8 Å². The minimum Gasteiger partial charge on any atom is -0.340 e. The summed E-state index contributed by atoms with van der Waals surface area (Å²) < 4.78 is 15.2. The van der Waals surface area contributed by atoms with E-state index in [9.17, 15) is 14.0 Å². The van der Waals surface area contributed by atoms with Crippen LogP contribution in [0.4, 0.5) is 10.1 Å². The highest BCUT2D eigenvalue weighted by atomic mass is 19.1. The third kappa shape index (κ3) is 4.15. The molecule has 0 saturated carbocycles. The largest absolute Gasteiger partial charge is 0.340 e. The SMILES string of the molecule is CC(C)[C@@H](NC(=O)c1ccccc1F)C(=O)Nc1cnn(C)c1. The fraction of sp³-hybridized carbons (Fsp3) is 0.312. The number of amides is 2. The van der Waals surface area contributed by atoms with Gasteiger partial charge in [-0.1, -0.05) is 26.0 Å². The Labute approximate surface area is 133 Å². The Balaban J connectivity index is 2.10. The standard InChI is InChI=1S/C16H19FN4O2/c1-10(2)14(16(23)19-11-8-18-21(3)9-11)20-15(22)12-6-4-5-7-13(12)17/h4-10,14H,1-3H3,(H,19,23)(H,20,22)/t14-/m1/s1. The monoisotopic (exact) mass is 318 g/mol. The van der Waals surface area contributed by atoms with Crippen LogP contribution in [0.2, 0.25) is 0 Å². The molecule has 1 aromatic heterocycles. The first-order chi connectivity index (χ1) is 10.9. The number of carbonyl (C=O) groups is 2. The van der Waals surface area contributed by atoms with Crippen LogP contribution in [-0.4, -0.2) is 27.6 Å². The summed E-state index contributed by atoms with van der Waals surface area (Å²) in [6, 6.07) is 4.86. The van der Waals surface area contributed by atoms with Crippen LogP contribution in [0.5, 0.6) is 0 Å². The normalized spacial score (nSPS) is 12.0. The van der Waals surface area contributed by atoms with Gasteiger partial charge in [-0.2, -0.15) is 5.10 Å². The van der Waals surface area contributed by atoms with Gasteiger partial charge in [-0.05, 0) is 18.1 Å². The lowest BCUT2D eigenvalue weighted by atomic mass is 10.0. The van der Waals surface area contributed by atoms with Crippen LogP contribution >= 0.6 is 0 Å². The molecule has 1 heterocycles. The number of aryl methyl sites for hydroxylation is 1. The van der Waals surface area contributed by atoms with Gasteiger partial charge in [-0.15, -0.1) is 0 Å². The van der Waals surface area contributed by atoms with Crippen molar-refractivity contribution in [1.82, 2.24) is 15.1 Å². The minimum absolute atomic E-state index is 0.0904. The molecular weight excluding hydrogens is 299 g/mol. The van der Waals surface area contributed by atoms with Gasteiger partial charge in [0.2, 0.25) is 5.91 Å². The molecule has 122 valence electrons. The average molecular weight is 318 g/mol. The zero-order valence-electron chi connectivity index (χ0n) is 13.2. The van der Waals surface area contributed by atoms with E-state index >= 15 is 0 Å². The van der Waals surface area contributed by atoms with Crippen molar-refractivity contribution in [2.75, 3.05) is 5.32 Å². The molecule has 2 amide bonds. The summed E-state index contributed by atoms with van der Waals surface area (Å²) in [6.45, 7) is 3.60. The maximum Gasteiger partial charge on any atom is 0.254 e. The molecule has 1 aromatic carbocycles. The second-order valence-corrected chi connectivity index (χ2v) is 5.57. The molecule has 0 saturated heterocycles. The second kappa shape index (κ2) is 7.04. The highest BCUT2D eigenvalue weighted by Gasteiger charge is 2.26. The molecule has 7 heteroatoms. The lowest BCUT2D eigenvalue weighted by Crippen LogP contribution is -2.47. The highest BCUT2D eigenvalue weighted by Crippen LogP contribution is 2.11. The van der Waals surface area contributed by atoms with Crippen LogP contribution in [0.25, 0.3) is 0 Å². The molecule has 23 heavy (non-hydrogen) atoms. The van der Waals surface area contributed by atoms with E-state index < -0.39 is 17.8 Å². The maximum absolute atomic E-state index is 13.7. The van der Waals surface area contributed by atoms with Gasteiger partial charge in [-0.3, -0.25) is 14.3 Å². The van der Waals surface area contributed by atoms with Crippen molar-refractivity contribution in [2.24, 2.45) is 13.0 Å². The molecular formula is C16H19FN4O2. The molecule has 0 aliphatic rings. The predicted molar refractivity (Wildman–Crippen MR) is 84.3 cm³/mol. The summed E-state index contributed by atoms with van der Waals surface area (Å²) in [7, 11) is 1.73. The number of rotatable bonds is 5. The van der Waals surface area contributed by atoms with Crippen molar-refractivity contribution in [1.29, 1.82) is 0 Å². The number of carbonyl (C=O) groups excluding carboxylic acids is 2. The molecule has 0 bridgehead atoms. The third-order valence-corrected chi connectivity index (χ3v) is 3.33. The van der Waals surface area contributed by atoms with Crippen molar-refractivity contribution in [2.45, 2.75) is 19.9 Å². The first-order valence-electron chi connectivity index (χ1n) is 7.23. The molecule has 6 nitrogen and oxygen atoms in total. The summed E-state index contributed by atoms with van der Waals surface area (Å²) >= 11 is 0. The Morgan fingerprint density at radius 3 is 2.52 bits per heavy atom. The molecule has 2 rings (SSSR count). The van der Waals surface area contributed by atoms with Gasteiger partial charge in [-0.25, -0.2) is 4.39 Å². The van der Waals surface area contributed by atoms with Crippen LogP contribution in [0.1, 0.15) is 24.2 Å². The number of nitrogens with zero attached hydrogens (tertiary/aromatic N) is 2. The number of hydrogen-bond donors (Lipinski definition) is 2. The third-order valence-electron chi connectivity index (χ3n) is 3.33. The van der Waals surface area contributed by atoms with E-state index in [-0.39, 0.29) is 17.4 Å². The predicted octanol–water partition coefficient (Wildman–Crippen LogP) is 1.95. The lowest BCUT2D eigenvalue weighted by molar-refractivity contribution is -0.118. The summed E-state index contributed by atoms with van der Waals surface area (Å²) in [5.74, 6) is -1.79. The molecule has 0 fully saturated rings. The quantitative estimate of drug-likeness (QED) is 0.885. The summed E-state index contributed by atoms with van der Waals surface area (Å²) in [5.41, 5.74) is 0.440. The smallest absolute Gasteiger partial charge is 0.254 e. The fourth-order valence-electron chi connectivity index (χ4n) is 2.11. The molecule has 0 spiro atoms. The van der Waals surface area contributed by atoms with Crippen molar-refractivity contribution >= 4 is 17.5 Å². The number of halogens is 1. The van der Waals surface area contributed by atoms with Crippen LogP contribution in [0.3, 0.4) is 0 Å². The first-order valence-corrected chi connectivity index (χ1v) is 7.23. The Morgan fingerprint density at radius 1 is 1.26 bits per heavy atom. The fourth-order valence-corrected chi connectivity index (χ4v) is 2.11. The average Bonchev–Trinajstić information content (AvgIpc) is 2.89. The number of hydrogen-bond acceptors (Lipinski definition) is 3. The van der Waals surface area contributed by atoms with E-state index in [2.05, 4.69) is 15.7 Å². The summed E-state index contributed by atoms with van der Waals surface area (Å²) in [4.78, 5) is 24.6. The molecule has 2 N–H and O–H groups in total. The van der Waals surface area contributed by atoms with Crippen molar-refractivity contribution in [3.63, 3.8) is 0 Å². The molecule has 0 unspecified atom stereocenters. The van der Waals surface area contributed by atoms with E-state index in [0.717, 1.165) is 0 Å². The Hall–Kier alpha value is -2.70. The van der Waals surface area contributed by atoms with Gasteiger partial charge in [0.1, 0.15) is 11.9 Å². The molecule has 0 aliphatic carbocycles.